The summed E-state index contributed by atoms with van der Waals surface area (Å²) in [5.74, 6) is 0. The molecule has 0 saturated heterocycles. The Morgan fingerprint density at radius 1 is 0.821 bits per heavy atom. The van der Waals surface area contributed by atoms with Crippen LogP contribution in [0.1, 0.15) is 25.3 Å². The standard InChI is InChI=1S/C26H23Cl4F3N4O2/c1-3-4-13-35(2)25(39)37(19-10-12-22(29)23(30)15-19)36(18-8-5-16(27)6-9-18)24(38)34-17-7-11-21(28)20(14-17)26(31,32)33/h5-12,14-15H,3-4,13H2,1-2H3,(H,34,38). The van der Waals surface area contributed by atoms with Crippen LogP contribution in [0.4, 0.5) is 39.8 Å². The molecule has 4 amide bonds. The molecule has 208 valence electrons. The predicted molar refractivity (Wildman–Crippen MR) is 151 cm³/mol. The molecule has 0 radical (unpaired) electrons. The normalized spacial score (nSPS) is 11.2. The largest absolute Gasteiger partial charge is 0.417 e. The minimum atomic E-state index is -4.75. The Bertz CT molecular complexity index is 1340. The lowest BCUT2D eigenvalue weighted by molar-refractivity contribution is -0.137. The minimum Gasteiger partial charge on any atom is -0.326 e. The van der Waals surface area contributed by atoms with Gasteiger partial charge in [-0.3, -0.25) is 0 Å². The maximum absolute atomic E-state index is 13.8. The first kappa shape index (κ1) is 30.7. The van der Waals surface area contributed by atoms with Gasteiger partial charge in [0, 0.05) is 24.3 Å². The van der Waals surface area contributed by atoms with E-state index in [1.165, 1.54) is 53.4 Å². The van der Waals surface area contributed by atoms with Gasteiger partial charge in [0.15, 0.2) is 0 Å². The third kappa shape index (κ3) is 7.63. The van der Waals surface area contributed by atoms with E-state index in [1.54, 1.807) is 7.05 Å². The number of benzene rings is 3. The molecule has 0 aromatic heterocycles. The fraction of sp³-hybridized carbons (Fsp3) is 0.231. The van der Waals surface area contributed by atoms with Crippen LogP contribution >= 0.6 is 46.4 Å². The van der Waals surface area contributed by atoms with Gasteiger partial charge >= 0.3 is 18.2 Å². The zero-order chi connectivity index (χ0) is 28.9. The smallest absolute Gasteiger partial charge is 0.326 e. The van der Waals surface area contributed by atoms with Crippen molar-refractivity contribution in [3.63, 3.8) is 0 Å². The highest BCUT2D eigenvalue weighted by molar-refractivity contribution is 6.42. The van der Waals surface area contributed by atoms with Crippen LogP contribution < -0.4 is 15.3 Å². The minimum absolute atomic E-state index is 0.118. The van der Waals surface area contributed by atoms with E-state index in [0.29, 0.717) is 24.1 Å². The fourth-order valence-corrected chi connectivity index (χ4v) is 4.13. The number of amides is 4. The number of urea groups is 2. The lowest BCUT2D eigenvalue weighted by atomic mass is 10.2. The van der Waals surface area contributed by atoms with E-state index in [0.717, 1.165) is 22.5 Å². The highest BCUT2D eigenvalue weighted by Crippen LogP contribution is 2.37. The molecule has 0 fully saturated rings. The Hall–Kier alpha value is -2.85. The van der Waals surface area contributed by atoms with E-state index in [2.05, 4.69) is 5.32 Å². The van der Waals surface area contributed by atoms with Crippen molar-refractivity contribution < 1.29 is 22.8 Å². The number of hydrogen-bond donors (Lipinski definition) is 1. The Morgan fingerprint density at radius 3 is 2.03 bits per heavy atom. The van der Waals surface area contributed by atoms with Crippen LogP contribution in [-0.2, 0) is 6.18 Å². The molecule has 0 saturated carbocycles. The molecular formula is C26H23Cl4F3N4O2. The fourth-order valence-electron chi connectivity index (χ4n) is 3.48. The molecule has 0 unspecified atom stereocenters. The van der Waals surface area contributed by atoms with Crippen molar-refractivity contribution in [3.05, 3.63) is 86.3 Å². The number of nitrogens with zero attached hydrogens (tertiary/aromatic N) is 3. The number of hydrogen-bond acceptors (Lipinski definition) is 2. The van der Waals surface area contributed by atoms with E-state index in [9.17, 15) is 22.8 Å². The van der Waals surface area contributed by atoms with Crippen LogP contribution in [0, 0.1) is 0 Å². The number of unbranched alkanes of at least 4 members (excludes halogenated alkanes) is 1. The molecule has 0 spiro atoms. The van der Waals surface area contributed by atoms with Crippen molar-refractivity contribution in [1.82, 2.24) is 4.90 Å². The third-order valence-electron chi connectivity index (χ3n) is 5.49. The number of rotatable bonds is 6. The molecule has 0 heterocycles. The second kappa shape index (κ2) is 13.0. The molecular weight excluding hydrogens is 599 g/mol. The van der Waals surface area contributed by atoms with E-state index < -0.39 is 28.8 Å². The second-order valence-corrected chi connectivity index (χ2v) is 10.0. The first-order valence-electron chi connectivity index (χ1n) is 11.6. The average Bonchev–Trinajstić information content (AvgIpc) is 2.88. The summed E-state index contributed by atoms with van der Waals surface area (Å²) in [6.07, 6.45) is -3.25. The zero-order valence-electron chi connectivity index (χ0n) is 20.7. The molecule has 13 heteroatoms. The van der Waals surface area contributed by atoms with Gasteiger partial charge in [0.25, 0.3) is 0 Å². The van der Waals surface area contributed by atoms with Gasteiger partial charge in [-0.25, -0.2) is 9.59 Å². The summed E-state index contributed by atoms with van der Waals surface area (Å²) in [6.45, 7) is 2.33. The predicted octanol–water partition coefficient (Wildman–Crippen LogP) is 9.63. The Balaban J connectivity index is 2.15. The van der Waals surface area contributed by atoms with Crippen molar-refractivity contribution in [3.8, 4) is 0 Å². The highest BCUT2D eigenvalue weighted by atomic mass is 35.5. The average molecular weight is 622 g/mol. The van der Waals surface area contributed by atoms with Crippen molar-refractivity contribution in [2.45, 2.75) is 25.9 Å². The summed E-state index contributed by atoms with van der Waals surface area (Å²) in [5, 5.41) is 4.63. The molecule has 1 N–H and O–H groups in total. The Labute approximate surface area is 243 Å². The van der Waals surface area contributed by atoms with Crippen LogP contribution in [0.5, 0.6) is 0 Å². The molecule has 0 bridgehead atoms. The van der Waals surface area contributed by atoms with Crippen LogP contribution in [0.3, 0.4) is 0 Å². The first-order chi connectivity index (χ1) is 18.3. The monoisotopic (exact) mass is 620 g/mol. The van der Waals surface area contributed by atoms with E-state index >= 15 is 0 Å². The Kier molecular flexibility index (Phi) is 10.2. The van der Waals surface area contributed by atoms with Gasteiger partial charge in [0.2, 0.25) is 0 Å². The van der Waals surface area contributed by atoms with Gasteiger partial charge in [0.1, 0.15) is 0 Å². The van der Waals surface area contributed by atoms with Gasteiger partial charge in [0.05, 0.1) is 32.0 Å². The highest BCUT2D eigenvalue weighted by Gasteiger charge is 2.35. The number of nitrogens with one attached hydrogen (secondary N) is 1. The topological polar surface area (TPSA) is 55.9 Å². The number of carbonyl (C=O) groups excluding carboxylic acids is 2. The summed E-state index contributed by atoms with van der Waals surface area (Å²) in [7, 11) is 1.56. The zero-order valence-corrected chi connectivity index (χ0v) is 23.7. The molecule has 0 aliphatic carbocycles. The summed E-state index contributed by atoms with van der Waals surface area (Å²) in [5.41, 5.74) is -0.964. The summed E-state index contributed by atoms with van der Waals surface area (Å²) >= 11 is 24.1. The summed E-state index contributed by atoms with van der Waals surface area (Å²) in [6, 6.07) is 11.7. The van der Waals surface area contributed by atoms with E-state index in [1.807, 2.05) is 6.92 Å². The van der Waals surface area contributed by atoms with Crippen molar-refractivity contribution in [2.75, 3.05) is 28.9 Å². The van der Waals surface area contributed by atoms with E-state index in [-0.39, 0.29) is 27.1 Å². The molecule has 0 aliphatic heterocycles. The molecule has 39 heavy (non-hydrogen) atoms. The van der Waals surface area contributed by atoms with Gasteiger partial charge in [-0.2, -0.15) is 23.2 Å². The van der Waals surface area contributed by atoms with E-state index in [4.69, 9.17) is 46.4 Å². The first-order valence-corrected chi connectivity index (χ1v) is 13.1. The quantitative estimate of drug-likeness (QED) is 0.279. The number of carbonyl (C=O) groups is 2. The summed E-state index contributed by atoms with van der Waals surface area (Å²) in [4.78, 5) is 28.9. The number of alkyl halides is 3. The lowest BCUT2D eigenvalue weighted by Gasteiger charge is -2.37. The van der Waals surface area contributed by atoms with Crippen LogP contribution in [-0.4, -0.2) is 30.6 Å². The third-order valence-corrected chi connectivity index (χ3v) is 6.81. The maximum Gasteiger partial charge on any atom is 0.417 e. The number of halogens is 7. The van der Waals surface area contributed by atoms with Crippen LogP contribution in [0.25, 0.3) is 0 Å². The maximum atomic E-state index is 13.8. The SMILES string of the molecule is CCCCN(C)C(=O)N(c1ccc(Cl)c(Cl)c1)N(C(=O)Nc1ccc(Cl)c(C(F)(F)F)c1)c1ccc(Cl)cc1. The molecule has 3 aromatic carbocycles. The number of anilines is 3. The lowest BCUT2D eigenvalue weighted by Crippen LogP contribution is -2.56. The van der Waals surface area contributed by atoms with Crippen molar-refractivity contribution >= 4 is 75.5 Å². The molecule has 6 nitrogen and oxygen atoms in total. The van der Waals surface area contributed by atoms with Crippen molar-refractivity contribution in [2.24, 2.45) is 0 Å². The van der Waals surface area contributed by atoms with Gasteiger partial charge in [-0.1, -0.05) is 59.7 Å². The van der Waals surface area contributed by atoms with Crippen LogP contribution in [0.15, 0.2) is 60.7 Å². The van der Waals surface area contributed by atoms with Gasteiger partial charge in [-0.15, -0.1) is 0 Å². The molecule has 3 aromatic rings. The second-order valence-electron chi connectivity index (χ2n) is 8.38. The summed E-state index contributed by atoms with van der Waals surface area (Å²) < 4.78 is 40.3. The molecule has 0 atom stereocenters. The number of hydrazine groups is 1. The van der Waals surface area contributed by atoms with Gasteiger partial charge < -0.3 is 10.2 Å². The van der Waals surface area contributed by atoms with Gasteiger partial charge in [-0.05, 0) is 67.1 Å². The Morgan fingerprint density at radius 2 is 1.44 bits per heavy atom. The van der Waals surface area contributed by atoms with Crippen molar-refractivity contribution in [1.29, 1.82) is 0 Å². The molecule has 0 aliphatic rings. The molecule has 3 rings (SSSR count). The van der Waals surface area contributed by atoms with Crippen LogP contribution in [0.2, 0.25) is 20.1 Å².